The Morgan fingerprint density at radius 1 is 1.04 bits per heavy atom. The Morgan fingerprint density at radius 2 is 1.75 bits per heavy atom. The molecular formula is C20H26N2O2. The van der Waals surface area contributed by atoms with Crippen LogP contribution in [0.1, 0.15) is 31.7 Å². The lowest BCUT2D eigenvalue weighted by molar-refractivity contribution is 0.221. The van der Waals surface area contributed by atoms with E-state index in [9.17, 15) is 4.79 Å². The molecule has 0 saturated heterocycles. The number of unbranched alkanes of at least 4 members (excludes halogenated alkanes) is 2. The van der Waals surface area contributed by atoms with Crippen LogP contribution in [0.2, 0.25) is 0 Å². The molecule has 2 amide bonds. The fourth-order valence-electron chi connectivity index (χ4n) is 2.29. The summed E-state index contributed by atoms with van der Waals surface area (Å²) in [5.41, 5.74) is 1.90. The van der Waals surface area contributed by atoms with Gasteiger partial charge < -0.3 is 15.0 Å². The molecule has 0 radical (unpaired) electrons. The van der Waals surface area contributed by atoms with Crippen LogP contribution in [-0.4, -0.2) is 24.5 Å². The molecule has 0 fully saturated rings. The molecule has 2 aromatic carbocycles. The maximum atomic E-state index is 12.1. The molecule has 0 heterocycles. The molecule has 2 aromatic rings. The molecule has 0 aliphatic heterocycles. The number of amides is 2. The molecular weight excluding hydrogens is 300 g/mol. The fourth-order valence-corrected chi connectivity index (χ4v) is 2.29. The molecule has 24 heavy (non-hydrogen) atoms. The summed E-state index contributed by atoms with van der Waals surface area (Å²) in [7, 11) is 1.82. The number of urea groups is 1. The lowest BCUT2D eigenvalue weighted by Gasteiger charge is -2.18. The van der Waals surface area contributed by atoms with Crippen molar-refractivity contribution < 1.29 is 9.53 Å². The van der Waals surface area contributed by atoms with Gasteiger partial charge in [-0.05, 0) is 36.2 Å². The predicted octanol–water partition coefficient (Wildman–Crippen LogP) is 4.92. The third-order valence-corrected chi connectivity index (χ3v) is 3.80. The van der Waals surface area contributed by atoms with Gasteiger partial charge in [0.25, 0.3) is 0 Å². The van der Waals surface area contributed by atoms with Crippen LogP contribution in [0.3, 0.4) is 0 Å². The third-order valence-electron chi connectivity index (χ3n) is 3.80. The van der Waals surface area contributed by atoms with Gasteiger partial charge in [0.05, 0.1) is 0 Å². The number of ether oxygens (including phenoxy) is 1. The first-order valence-electron chi connectivity index (χ1n) is 8.48. The first-order chi connectivity index (χ1) is 11.7. The van der Waals surface area contributed by atoms with Crippen molar-refractivity contribution in [2.45, 2.75) is 32.8 Å². The lowest BCUT2D eigenvalue weighted by atomic mass is 10.2. The van der Waals surface area contributed by atoms with Crippen molar-refractivity contribution in [3.63, 3.8) is 0 Å². The van der Waals surface area contributed by atoms with Crippen LogP contribution >= 0.6 is 0 Å². The Hall–Kier alpha value is -2.49. The zero-order valence-electron chi connectivity index (χ0n) is 14.5. The summed E-state index contributed by atoms with van der Waals surface area (Å²) in [6, 6.07) is 17.4. The van der Waals surface area contributed by atoms with Gasteiger partial charge >= 0.3 is 6.03 Å². The number of anilines is 1. The van der Waals surface area contributed by atoms with Crippen LogP contribution < -0.4 is 10.1 Å². The van der Waals surface area contributed by atoms with Crippen molar-refractivity contribution in [2.24, 2.45) is 0 Å². The summed E-state index contributed by atoms with van der Waals surface area (Å²) in [5.74, 6) is 0.785. The normalized spacial score (nSPS) is 10.2. The smallest absolute Gasteiger partial charge is 0.321 e. The van der Waals surface area contributed by atoms with Crippen LogP contribution in [0, 0.1) is 0 Å². The molecule has 0 unspecified atom stereocenters. The second-order valence-electron chi connectivity index (χ2n) is 5.86. The number of nitrogens with one attached hydrogen (secondary N) is 1. The van der Waals surface area contributed by atoms with E-state index < -0.39 is 0 Å². The van der Waals surface area contributed by atoms with Gasteiger partial charge in [-0.2, -0.15) is 0 Å². The number of hydrogen-bond acceptors (Lipinski definition) is 2. The molecule has 0 bridgehead atoms. The van der Waals surface area contributed by atoms with E-state index in [1.54, 1.807) is 4.90 Å². The van der Waals surface area contributed by atoms with Gasteiger partial charge in [-0.25, -0.2) is 4.79 Å². The van der Waals surface area contributed by atoms with Crippen molar-refractivity contribution in [3.8, 4) is 5.75 Å². The maximum Gasteiger partial charge on any atom is 0.321 e. The molecule has 4 nitrogen and oxygen atoms in total. The Bertz CT molecular complexity index is 611. The zero-order chi connectivity index (χ0) is 17.2. The van der Waals surface area contributed by atoms with Gasteiger partial charge in [-0.1, -0.05) is 50.1 Å². The zero-order valence-corrected chi connectivity index (χ0v) is 14.5. The van der Waals surface area contributed by atoms with Crippen molar-refractivity contribution in [1.29, 1.82) is 0 Å². The van der Waals surface area contributed by atoms with E-state index in [4.69, 9.17) is 4.74 Å². The maximum absolute atomic E-state index is 12.1. The molecule has 0 saturated carbocycles. The van der Waals surface area contributed by atoms with Crippen LogP contribution in [0.15, 0.2) is 54.6 Å². The van der Waals surface area contributed by atoms with Gasteiger partial charge in [0, 0.05) is 19.3 Å². The quantitative estimate of drug-likeness (QED) is 0.700. The molecule has 0 aliphatic rings. The summed E-state index contributed by atoms with van der Waals surface area (Å²) < 4.78 is 5.74. The number of carbonyl (C=O) groups excluding carboxylic acids is 1. The van der Waals surface area contributed by atoms with Gasteiger partial charge in [0.15, 0.2) is 0 Å². The minimum Gasteiger partial charge on any atom is -0.489 e. The minimum atomic E-state index is -0.0796. The minimum absolute atomic E-state index is 0.0796. The average molecular weight is 326 g/mol. The average Bonchev–Trinajstić information content (AvgIpc) is 2.62. The standard InChI is InChI=1S/C20H26N2O2/c1-3-4-8-15-22(2)20(23)21-18-11-13-19(14-12-18)24-16-17-9-6-5-7-10-17/h5-7,9-14H,3-4,8,15-16H2,1-2H3,(H,21,23). The summed E-state index contributed by atoms with van der Waals surface area (Å²) in [6.45, 7) is 3.46. The van der Waals surface area contributed by atoms with E-state index in [0.29, 0.717) is 6.61 Å². The van der Waals surface area contributed by atoms with E-state index in [0.717, 1.165) is 42.8 Å². The Labute approximate surface area is 144 Å². The van der Waals surface area contributed by atoms with Crippen molar-refractivity contribution >= 4 is 11.7 Å². The topological polar surface area (TPSA) is 41.6 Å². The Kier molecular flexibility index (Phi) is 7.15. The number of rotatable bonds is 8. The van der Waals surface area contributed by atoms with Gasteiger partial charge in [0.1, 0.15) is 12.4 Å². The molecule has 0 aromatic heterocycles. The third kappa shape index (κ3) is 5.95. The summed E-state index contributed by atoms with van der Waals surface area (Å²) in [4.78, 5) is 13.8. The van der Waals surface area contributed by atoms with Crippen molar-refractivity contribution in [2.75, 3.05) is 18.9 Å². The highest BCUT2D eigenvalue weighted by molar-refractivity contribution is 5.89. The highest BCUT2D eigenvalue weighted by Crippen LogP contribution is 2.17. The Balaban J connectivity index is 1.80. The second-order valence-corrected chi connectivity index (χ2v) is 5.86. The second kappa shape index (κ2) is 9.60. The Morgan fingerprint density at radius 3 is 2.42 bits per heavy atom. The van der Waals surface area contributed by atoms with Crippen LogP contribution in [0.4, 0.5) is 10.5 Å². The fraction of sp³-hybridized carbons (Fsp3) is 0.350. The van der Waals surface area contributed by atoms with Crippen molar-refractivity contribution in [1.82, 2.24) is 4.90 Å². The summed E-state index contributed by atoms with van der Waals surface area (Å²) >= 11 is 0. The number of carbonyl (C=O) groups is 1. The molecule has 1 N–H and O–H groups in total. The molecule has 0 spiro atoms. The van der Waals surface area contributed by atoms with E-state index in [-0.39, 0.29) is 6.03 Å². The largest absolute Gasteiger partial charge is 0.489 e. The van der Waals surface area contributed by atoms with Crippen LogP contribution in [0.5, 0.6) is 5.75 Å². The van der Waals surface area contributed by atoms with Crippen molar-refractivity contribution in [3.05, 3.63) is 60.2 Å². The lowest BCUT2D eigenvalue weighted by Crippen LogP contribution is -2.32. The van der Waals surface area contributed by atoms with E-state index in [1.165, 1.54) is 0 Å². The number of hydrogen-bond donors (Lipinski definition) is 1. The van der Waals surface area contributed by atoms with Gasteiger partial charge in [0.2, 0.25) is 0 Å². The monoisotopic (exact) mass is 326 g/mol. The first-order valence-corrected chi connectivity index (χ1v) is 8.48. The molecule has 0 aliphatic carbocycles. The highest BCUT2D eigenvalue weighted by atomic mass is 16.5. The van der Waals surface area contributed by atoms with E-state index in [2.05, 4.69) is 12.2 Å². The first kappa shape index (κ1) is 17.9. The molecule has 2 rings (SSSR count). The van der Waals surface area contributed by atoms with E-state index >= 15 is 0 Å². The molecule has 4 heteroatoms. The highest BCUT2D eigenvalue weighted by Gasteiger charge is 2.08. The molecule has 128 valence electrons. The predicted molar refractivity (Wildman–Crippen MR) is 98.4 cm³/mol. The number of benzene rings is 2. The van der Waals surface area contributed by atoms with Gasteiger partial charge in [-0.3, -0.25) is 0 Å². The van der Waals surface area contributed by atoms with E-state index in [1.807, 2.05) is 61.6 Å². The molecule has 0 atom stereocenters. The SMILES string of the molecule is CCCCCN(C)C(=O)Nc1ccc(OCc2ccccc2)cc1. The van der Waals surface area contributed by atoms with Crippen LogP contribution in [0.25, 0.3) is 0 Å². The number of nitrogens with zero attached hydrogens (tertiary/aromatic N) is 1. The van der Waals surface area contributed by atoms with Crippen LogP contribution in [-0.2, 0) is 6.61 Å². The van der Waals surface area contributed by atoms with Gasteiger partial charge in [-0.15, -0.1) is 0 Å². The summed E-state index contributed by atoms with van der Waals surface area (Å²) in [6.07, 6.45) is 3.33. The summed E-state index contributed by atoms with van der Waals surface area (Å²) in [5, 5.41) is 2.90.